The Morgan fingerprint density at radius 1 is 1.32 bits per heavy atom. The summed E-state index contributed by atoms with van der Waals surface area (Å²) in [7, 11) is 1.80. The van der Waals surface area contributed by atoms with Gasteiger partial charge in [-0.15, -0.1) is 0 Å². The lowest BCUT2D eigenvalue weighted by Crippen LogP contribution is -2.42. The molecule has 1 fully saturated rings. The molecular formula is C21H23N5O5. The van der Waals surface area contributed by atoms with E-state index in [1.807, 2.05) is 6.07 Å². The first-order chi connectivity index (χ1) is 15.0. The highest BCUT2D eigenvalue weighted by Gasteiger charge is 2.23. The second kappa shape index (κ2) is 9.11. The van der Waals surface area contributed by atoms with Gasteiger partial charge in [-0.2, -0.15) is 10.2 Å². The van der Waals surface area contributed by atoms with E-state index in [0.717, 1.165) is 11.3 Å². The molecule has 1 aliphatic heterocycles. The molecule has 162 valence electrons. The van der Waals surface area contributed by atoms with Crippen molar-refractivity contribution < 1.29 is 19.4 Å². The van der Waals surface area contributed by atoms with Gasteiger partial charge in [0.1, 0.15) is 11.4 Å². The predicted molar refractivity (Wildman–Crippen MR) is 112 cm³/mol. The maximum absolute atomic E-state index is 12.4. The van der Waals surface area contributed by atoms with Gasteiger partial charge in [-0.05, 0) is 17.7 Å². The summed E-state index contributed by atoms with van der Waals surface area (Å²) < 4.78 is 14.2. The molecule has 1 saturated heterocycles. The minimum absolute atomic E-state index is 0.163. The first-order valence-corrected chi connectivity index (χ1v) is 9.86. The third-order valence-corrected chi connectivity index (χ3v) is 4.93. The molecule has 0 spiro atoms. The summed E-state index contributed by atoms with van der Waals surface area (Å²) in [5, 5.41) is 18.3. The smallest absolute Gasteiger partial charge is 0.411 e. The van der Waals surface area contributed by atoms with E-state index in [1.165, 1.54) is 11.0 Å². The van der Waals surface area contributed by atoms with Crippen LogP contribution in [0.4, 0.5) is 10.5 Å². The van der Waals surface area contributed by atoms with Crippen LogP contribution < -0.4 is 10.3 Å². The number of nitrogens with zero attached hydrogens (tertiary/aromatic N) is 5. The monoisotopic (exact) mass is 425 g/mol. The van der Waals surface area contributed by atoms with Crippen LogP contribution in [0.1, 0.15) is 11.3 Å². The lowest BCUT2D eigenvalue weighted by Gasteiger charge is -2.28. The van der Waals surface area contributed by atoms with Crippen LogP contribution in [-0.2, 0) is 22.9 Å². The molecule has 10 nitrogen and oxygen atoms in total. The third-order valence-electron chi connectivity index (χ3n) is 4.93. The Labute approximate surface area is 178 Å². The van der Waals surface area contributed by atoms with E-state index in [2.05, 4.69) is 10.2 Å². The van der Waals surface area contributed by atoms with Crippen molar-refractivity contribution in [3.63, 3.8) is 0 Å². The fourth-order valence-electron chi connectivity index (χ4n) is 3.41. The van der Waals surface area contributed by atoms with Gasteiger partial charge in [0.15, 0.2) is 0 Å². The lowest BCUT2D eigenvalue weighted by molar-refractivity contribution is -0.0836. The summed E-state index contributed by atoms with van der Waals surface area (Å²) in [5.41, 5.74) is 2.19. The number of anilines is 1. The average Bonchev–Trinajstić information content (AvgIpc) is 3.20. The summed E-state index contributed by atoms with van der Waals surface area (Å²) in [4.78, 5) is 25.5. The zero-order valence-electron chi connectivity index (χ0n) is 17.0. The molecule has 1 unspecified atom stereocenters. The SMILES string of the molecule is Cn1cc(-n2ccc(=O)c(Cc3cccc(N(CC4COCCO4)C(=O)O)c3)n2)cn1. The minimum atomic E-state index is -1.08. The van der Waals surface area contributed by atoms with Gasteiger partial charge in [-0.3, -0.25) is 14.4 Å². The molecule has 1 amide bonds. The summed E-state index contributed by atoms with van der Waals surface area (Å²) in [6, 6.07) is 8.53. The Hall–Kier alpha value is -3.50. The van der Waals surface area contributed by atoms with Gasteiger partial charge in [0, 0.05) is 31.4 Å². The standard InChI is InChI=1S/C21H23N5O5/c1-24-12-17(11-22-24)26-6-5-20(27)19(23-26)10-15-3-2-4-16(9-15)25(21(28)29)13-18-14-30-7-8-31-18/h2-6,9,11-12,18H,7-8,10,13-14H2,1H3,(H,28,29). The minimum Gasteiger partial charge on any atom is -0.465 e. The van der Waals surface area contributed by atoms with Gasteiger partial charge >= 0.3 is 6.09 Å². The Morgan fingerprint density at radius 2 is 2.19 bits per heavy atom. The topological polar surface area (TPSA) is 112 Å². The highest BCUT2D eigenvalue weighted by Crippen LogP contribution is 2.19. The highest BCUT2D eigenvalue weighted by molar-refractivity contribution is 5.86. The Balaban J connectivity index is 1.56. The first kappa shape index (κ1) is 20.8. The van der Waals surface area contributed by atoms with Crippen molar-refractivity contribution in [2.75, 3.05) is 31.3 Å². The molecular weight excluding hydrogens is 402 g/mol. The number of amides is 1. The van der Waals surface area contributed by atoms with Crippen molar-refractivity contribution in [1.82, 2.24) is 19.6 Å². The largest absolute Gasteiger partial charge is 0.465 e. The molecule has 0 radical (unpaired) electrons. The van der Waals surface area contributed by atoms with Crippen LogP contribution in [0.3, 0.4) is 0 Å². The van der Waals surface area contributed by atoms with Gasteiger partial charge < -0.3 is 14.6 Å². The Morgan fingerprint density at radius 3 is 2.90 bits per heavy atom. The van der Waals surface area contributed by atoms with Crippen LogP contribution in [0.5, 0.6) is 0 Å². The fourth-order valence-corrected chi connectivity index (χ4v) is 3.41. The van der Waals surface area contributed by atoms with E-state index in [4.69, 9.17) is 9.47 Å². The van der Waals surface area contributed by atoms with Gasteiger partial charge in [0.2, 0.25) is 5.43 Å². The van der Waals surface area contributed by atoms with E-state index in [0.29, 0.717) is 31.2 Å². The Kier molecular flexibility index (Phi) is 6.10. The van der Waals surface area contributed by atoms with E-state index in [-0.39, 0.29) is 24.5 Å². The van der Waals surface area contributed by atoms with Crippen LogP contribution in [0.15, 0.2) is 53.7 Å². The molecule has 1 aromatic carbocycles. The van der Waals surface area contributed by atoms with Crippen molar-refractivity contribution in [1.29, 1.82) is 0 Å². The van der Waals surface area contributed by atoms with Crippen molar-refractivity contribution in [2.45, 2.75) is 12.5 Å². The lowest BCUT2D eigenvalue weighted by atomic mass is 10.1. The number of carboxylic acid groups (broad SMARTS) is 1. The molecule has 2 aromatic heterocycles. The number of rotatable bonds is 6. The second-order valence-electron chi connectivity index (χ2n) is 7.25. The maximum Gasteiger partial charge on any atom is 0.411 e. The third kappa shape index (κ3) is 4.98. The molecule has 0 bridgehead atoms. The highest BCUT2D eigenvalue weighted by atomic mass is 16.6. The second-order valence-corrected chi connectivity index (χ2v) is 7.25. The maximum atomic E-state index is 12.4. The number of aryl methyl sites for hydroxylation is 1. The summed E-state index contributed by atoms with van der Waals surface area (Å²) in [6.07, 6.45) is 3.91. The van der Waals surface area contributed by atoms with E-state index in [9.17, 15) is 14.7 Å². The van der Waals surface area contributed by atoms with E-state index >= 15 is 0 Å². The van der Waals surface area contributed by atoms with Gasteiger partial charge in [0.05, 0.1) is 44.9 Å². The van der Waals surface area contributed by atoms with Crippen molar-refractivity contribution in [2.24, 2.45) is 7.05 Å². The number of hydrogen-bond acceptors (Lipinski definition) is 6. The molecule has 3 aromatic rings. The zero-order chi connectivity index (χ0) is 21.8. The van der Waals surface area contributed by atoms with Crippen molar-refractivity contribution in [3.8, 4) is 5.69 Å². The molecule has 0 aliphatic carbocycles. The number of ether oxygens (including phenoxy) is 2. The van der Waals surface area contributed by atoms with Crippen molar-refractivity contribution >= 4 is 11.8 Å². The summed E-state index contributed by atoms with van der Waals surface area (Å²) in [6.45, 7) is 1.47. The van der Waals surface area contributed by atoms with E-state index < -0.39 is 6.09 Å². The molecule has 3 heterocycles. The number of carbonyl (C=O) groups is 1. The molecule has 31 heavy (non-hydrogen) atoms. The first-order valence-electron chi connectivity index (χ1n) is 9.86. The molecule has 1 aliphatic rings. The molecule has 10 heteroatoms. The molecule has 1 N–H and O–H groups in total. The van der Waals surface area contributed by atoms with Crippen molar-refractivity contribution in [3.05, 3.63) is 70.4 Å². The average molecular weight is 425 g/mol. The predicted octanol–water partition coefficient (Wildman–Crippen LogP) is 1.46. The summed E-state index contributed by atoms with van der Waals surface area (Å²) >= 11 is 0. The Bertz CT molecular complexity index is 1120. The van der Waals surface area contributed by atoms with E-state index in [1.54, 1.807) is 53.2 Å². The van der Waals surface area contributed by atoms with Gasteiger partial charge in [-0.25, -0.2) is 9.48 Å². The number of hydrogen-bond donors (Lipinski definition) is 1. The van der Waals surface area contributed by atoms with Crippen LogP contribution in [0, 0.1) is 0 Å². The van der Waals surface area contributed by atoms with Crippen LogP contribution in [-0.4, -0.2) is 63.2 Å². The number of aromatic nitrogens is 4. The van der Waals surface area contributed by atoms with Gasteiger partial charge in [-0.1, -0.05) is 12.1 Å². The van der Waals surface area contributed by atoms with Crippen LogP contribution >= 0.6 is 0 Å². The van der Waals surface area contributed by atoms with Crippen LogP contribution in [0.25, 0.3) is 5.69 Å². The molecule has 1 atom stereocenters. The van der Waals surface area contributed by atoms with Gasteiger partial charge in [0.25, 0.3) is 0 Å². The quantitative estimate of drug-likeness (QED) is 0.636. The number of benzene rings is 1. The van der Waals surface area contributed by atoms with Crippen LogP contribution in [0.2, 0.25) is 0 Å². The zero-order valence-corrected chi connectivity index (χ0v) is 17.0. The normalized spacial score (nSPS) is 16.2. The fraction of sp³-hybridized carbons (Fsp3) is 0.333. The molecule has 0 saturated carbocycles. The summed E-state index contributed by atoms with van der Waals surface area (Å²) in [5.74, 6) is 0. The molecule has 4 rings (SSSR count).